The molecule has 0 aliphatic carbocycles. The molecule has 0 N–H and O–H groups in total. The van der Waals surface area contributed by atoms with Gasteiger partial charge in [-0.05, 0) is 44.4 Å². The van der Waals surface area contributed by atoms with Gasteiger partial charge in [-0.25, -0.2) is 9.97 Å². The molecule has 1 amide bonds. The molecule has 1 unspecified atom stereocenters. The van der Waals surface area contributed by atoms with Crippen LogP contribution in [-0.2, 0) is 11.2 Å². The number of carbonyl (C=O) groups is 1. The average Bonchev–Trinajstić information content (AvgIpc) is 3.03. The molecule has 0 saturated carbocycles. The first-order valence-corrected chi connectivity index (χ1v) is 8.10. The number of amides is 1. The molecule has 2 aromatic heterocycles. The number of carbonyl (C=O) groups excluding carboxylic acids is 1. The van der Waals surface area contributed by atoms with Crippen molar-refractivity contribution in [3.63, 3.8) is 0 Å². The lowest BCUT2D eigenvalue weighted by Gasteiger charge is -2.16. The van der Waals surface area contributed by atoms with Gasteiger partial charge in [0.25, 0.3) is 0 Å². The Hall–Kier alpha value is -2.30. The van der Waals surface area contributed by atoms with Crippen LogP contribution in [0.4, 0.5) is 0 Å². The van der Waals surface area contributed by atoms with Crippen LogP contribution in [0.15, 0.2) is 30.6 Å². The maximum absolute atomic E-state index is 12.4. The van der Waals surface area contributed by atoms with E-state index in [4.69, 9.17) is 0 Å². The Morgan fingerprint density at radius 3 is 2.78 bits per heavy atom. The molecule has 3 heterocycles. The third kappa shape index (κ3) is 3.92. The summed E-state index contributed by atoms with van der Waals surface area (Å²) >= 11 is 0. The Morgan fingerprint density at radius 1 is 1.30 bits per heavy atom. The second kappa shape index (κ2) is 6.86. The summed E-state index contributed by atoms with van der Waals surface area (Å²) in [4.78, 5) is 27.5. The highest BCUT2D eigenvalue weighted by molar-refractivity contribution is 5.76. The Balaban J connectivity index is 1.57. The molecule has 1 aliphatic heterocycles. The highest BCUT2D eigenvalue weighted by Crippen LogP contribution is 2.25. The van der Waals surface area contributed by atoms with Crippen molar-refractivity contribution in [2.75, 3.05) is 13.1 Å². The highest BCUT2D eigenvalue weighted by atomic mass is 16.2. The van der Waals surface area contributed by atoms with E-state index >= 15 is 0 Å². The lowest BCUT2D eigenvalue weighted by Crippen LogP contribution is -2.28. The van der Waals surface area contributed by atoms with Gasteiger partial charge in [0, 0.05) is 49.2 Å². The van der Waals surface area contributed by atoms with Gasteiger partial charge in [0.2, 0.25) is 5.91 Å². The van der Waals surface area contributed by atoms with Crippen molar-refractivity contribution in [2.45, 2.75) is 39.0 Å². The van der Waals surface area contributed by atoms with Gasteiger partial charge in [-0.15, -0.1) is 0 Å². The molecule has 0 spiro atoms. The summed E-state index contributed by atoms with van der Waals surface area (Å²) in [6.45, 7) is 5.51. The molecule has 2 aromatic rings. The summed E-state index contributed by atoms with van der Waals surface area (Å²) in [5.41, 5.74) is 3.09. The molecular formula is C18H22N4O. The fourth-order valence-electron chi connectivity index (χ4n) is 3.09. The summed E-state index contributed by atoms with van der Waals surface area (Å²) < 4.78 is 0. The molecule has 5 heteroatoms. The molecule has 1 aliphatic rings. The number of pyridine rings is 1. The first kappa shape index (κ1) is 15.6. The molecule has 0 aromatic carbocycles. The fraction of sp³-hybridized carbons (Fsp3) is 0.444. The molecule has 1 atom stereocenters. The van der Waals surface area contributed by atoms with Crippen molar-refractivity contribution in [3.05, 3.63) is 53.4 Å². The predicted molar refractivity (Wildman–Crippen MR) is 88.0 cm³/mol. The van der Waals surface area contributed by atoms with E-state index in [0.717, 1.165) is 48.7 Å². The average molecular weight is 310 g/mol. The van der Waals surface area contributed by atoms with E-state index in [2.05, 4.69) is 15.0 Å². The first-order valence-electron chi connectivity index (χ1n) is 8.10. The molecule has 1 fully saturated rings. The number of hydrogen-bond acceptors (Lipinski definition) is 4. The Labute approximate surface area is 136 Å². The largest absolute Gasteiger partial charge is 0.342 e. The predicted octanol–water partition coefficient (Wildman–Crippen LogP) is 2.44. The summed E-state index contributed by atoms with van der Waals surface area (Å²) in [5.74, 6) is 1.35. The zero-order chi connectivity index (χ0) is 16.2. The van der Waals surface area contributed by atoms with Crippen molar-refractivity contribution >= 4 is 5.91 Å². The van der Waals surface area contributed by atoms with Gasteiger partial charge in [-0.3, -0.25) is 9.78 Å². The number of hydrogen-bond donors (Lipinski definition) is 0. The molecule has 23 heavy (non-hydrogen) atoms. The van der Waals surface area contributed by atoms with Crippen LogP contribution >= 0.6 is 0 Å². The summed E-state index contributed by atoms with van der Waals surface area (Å²) in [6.07, 6.45) is 5.80. The van der Waals surface area contributed by atoms with Gasteiger partial charge in [-0.2, -0.15) is 0 Å². The van der Waals surface area contributed by atoms with E-state index in [9.17, 15) is 4.79 Å². The Kier molecular flexibility index (Phi) is 4.65. The second-order valence-corrected chi connectivity index (χ2v) is 6.20. The van der Waals surface area contributed by atoms with Crippen molar-refractivity contribution < 1.29 is 4.79 Å². The quantitative estimate of drug-likeness (QED) is 0.870. The molecule has 0 radical (unpaired) electrons. The van der Waals surface area contributed by atoms with Gasteiger partial charge in [0.1, 0.15) is 5.82 Å². The van der Waals surface area contributed by atoms with Gasteiger partial charge < -0.3 is 4.90 Å². The molecular weight excluding hydrogens is 288 g/mol. The minimum absolute atomic E-state index is 0.209. The van der Waals surface area contributed by atoms with Crippen LogP contribution in [0.5, 0.6) is 0 Å². The van der Waals surface area contributed by atoms with E-state index < -0.39 is 0 Å². The fourth-order valence-corrected chi connectivity index (χ4v) is 3.09. The van der Waals surface area contributed by atoms with Crippen molar-refractivity contribution in [2.24, 2.45) is 0 Å². The molecule has 120 valence electrons. The number of aromatic nitrogens is 3. The smallest absolute Gasteiger partial charge is 0.222 e. The lowest BCUT2D eigenvalue weighted by molar-refractivity contribution is -0.130. The third-order valence-corrected chi connectivity index (χ3v) is 4.26. The van der Waals surface area contributed by atoms with E-state index in [0.29, 0.717) is 6.42 Å². The minimum Gasteiger partial charge on any atom is -0.342 e. The summed E-state index contributed by atoms with van der Waals surface area (Å²) in [6, 6.07) is 5.90. The topological polar surface area (TPSA) is 59.0 Å². The van der Waals surface area contributed by atoms with Crippen LogP contribution in [0.1, 0.15) is 41.5 Å². The molecule has 0 bridgehead atoms. The second-order valence-electron chi connectivity index (χ2n) is 6.20. The van der Waals surface area contributed by atoms with E-state index in [1.54, 1.807) is 6.20 Å². The zero-order valence-electron chi connectivity index (χ0n) is 13.7. The van der Waals surface area contributed by atoms with Crippen molar-refractivity contribution in [3.8, 4) is 0 Å². The van der Waals surface area contributed by atoms with Crippen LogP contribution < -0.4 is 0 Å². The maximum atomic E-state index is 12.4. The molecule has 5 nitrogen and oxygen atoms in total. The number of aryl methyl sites for hydroxylation is 3. The van der Waals surface area contributed by atoms with Crippen LogP contribution in [0, 0.1) is 13.8 Å². The normalized spacial score (nSPS) is 17.5. The van der Waals surface area contributed by atoms with Crippen LogP contribution in [-0.4, -0.2) is 38.8 Å². The molecule has 3 rings (SSSR count). The minimum atomic E-state index is 0.209. The first-order chi connectivity index (χ1) is 11.1. The van der Waals surface area contributed by atoms with E-state index in [1.807, 2.05) is 43.1 Å². The van der Waals surface area contributed by atoms with Crippen LogP contribution in [0.3, 0.4) is 0 Å². The Morgan fingerprint density at radius 2 is 2.09 bits per heavy atom. The number of nitrogens with zero attached hydrogens (tertiary/aromatic N) is 4. The van der Waals surface area contributed by atoms with Gasteiger partial charge >= 0.3 is 0 Å². The molecule has 1 saturated heterocycles. The van der Waals surface area contributed by atoms with Gasteiger partial charge in [0.15, 0.2) is 0 Å². The zero-order valence-corrected chi connectivity index (χ0v) is 13.7. The van der Waals surface area contributed by atoms with Crippen LogP contribution in [0.2, 0.25) is 0 Å². The van der Waals surface area contributed by atoms with Gasteiger partial charge in [-0.1, -0.05) is 6.07 Å². The number of rotatable bonds is 4. The lowest BCUT2D eigenvalue weighted by atomic mass is 10.1. The SMILES string of the molecule is Cc1cc(C)nc(C2CCN(C(=O)CCc3cccnc3)C2)n1. The van der Waals surface area contributed by atoms with Gasteiger partial charge in [0.05, 0.1) is 0 Å². The standard InChI is InChI=1S/C18H22N4O/c1-13-10-14(2)21-18(20-13)16-7-9-22(12-16)17(23)6-5-15-4-3-8-19-11-15/h3-4,8,10-11,16H,5-7,9,12H2,1-2H3. The summed E-state index contributed by atoms with van der Waals surface area (Å²) in [7, 11) is 0. The van der Waals surface area contributed by atoms with Crippen molar-refractivity contribution in [1.29, 1.82) is 0 Å². The van der Waals surface area contributed by atoms with E-state index in [-0.39, 0.29) is 11.8 Å². The third-order valence-electron chi connectivity index (χ3n) is 4.26. The van der Waals surface area contributed by atoms with Crippen molar-refractivity contribution in [1.82, 2.24) is 19.9 Å². The van der Waals surface area contributed by atoms with E-state index in [1.165, 1.54) is 0 Å². The number of likely N-dealkylation sites (tertiary alicyclic amines) is 1. The Bertz CT molecular complexity index is 666. The summed E-state index contributed by atoms with van der Waals surface area (Å²) in [5, 5.41) is 0. The highest BCUT2D eigenvalue weighted by Gasteiger charge is 2.29. The van der Waals surface area contributed by atoms with Crippen LogP contribution in [0.25, 0.3) is 0 Å². The monoisotopic (exact) mass is 310 g/mol. The maximum Gasteiger partial charge on any atom is 0.222 e.